The quantitative estimate of drug-likeness (QED) is 0.801. The summed E-state index contributed by atoms with van der Waals surface area (Å²) in [5.74, 6) is 3.56. The second kappa shape index (κ2) is 7.57. The standard InChI is InChI=1S/C17H28BrN3/c1-4-5-12-6-8-13(9-7-12)17-20-14(10-11(2)3)15(18)16(19)21-17/h11-13H,4-10H2,1-3H3,(H2,19,20,21). The summed E-state index contributed by atoms with van der Waals surface area (Å²) >= 11 is 3.55. The average molecular weight is 354 g/mol. The van der Waals surface area contributed by atoms with Gasteiger partial charge in [-0.05, 0) is 59.9 Å². The molecule has 0 aliphatic heterocycles. The zero-order valence-corrected chi connectivity index (χ0v) is 15.1. The van der Waals surface area contributed by atoms with E-state index in [9.17, 15) is 0 Å². The molecule has 1 aliphatic rings. The Morgan fingerprint density at radius 1 is 1.19 bits per heavy atom. The van der Waals surface area contributed by atoms with Crippen LogP contribution < -0.4 is 5.73 Å². The molecular weight excluding hydrogens is 326 g/mol. The van der Waals surface area contributed by atoms with Crippen LogP contribution in [0.3, 0.4) is 0 Å². The third-order valence-electron chi connectivity index (χ3n) is 4.47. The Morgan fingerprint density at radius 3 is 2.43 bits per heavy atom. The van der Waals surface area contributed by atoms with E-state index in [0.717, 1.165) is 28.3 Å². The number of hydrogen-bond donors (Lipinski definition) is 1. The predicted molar refractivity (Wildman–Crippen MR) is 92.3 cm³/mol. The van der Waals surface area contributed by atoms with Crippen LogP contribution in [-0.4, -0.2) is 9.97 Å². The van der Waals surface area contributed by atoms with E-state index >= 15 is 0 Å². The van der Waals surface area contributed by atoms with Crippen LogP contribution in [-0.2, 0) is 6.42 Å². The largest absolute Gasteiger partial charge is 0.383 e. The van der Waals surface area contributed by atoms with Crippen molar-refractivity contribution in [3.8, 4) is 0 Å². The summed E-state index contributed by atoms with van der Waals surface area (Å²) in [5, 5.41) is 0. The molecule has 0 aromatic carbocycles. The Morgan fingerprint density at radius 2 is 1.86 bits per heavy atom. The van der Waals surface area contributed by atoms with Crippen molar-refractivity contribution in [1.29, 1.82) is 0 Å². The molecule has 3 nitrogen and oxygen atoms in total. The monoisotopic (exact) mass is 353 g/mol. The van der Waals surface area contributed by atoms with Gasteiger partial charge in [0, 0.05) is 5.92 Å². The highest BCUT2D eigenvalue weighted by Gasteiger charge is 2.25. The van der Waals surface area contributed by atoms with Crippen molar-refractivity contribution in [1.82, 2.24) is 9.97 Å². The van der Waals surface area contributed by atoms with E-state index in [1.165, 1.54) is 38.5 Å². The second-order valence-corrected chi connectivity index (χ2v) is 7.63. The van der Waals surface area contributed by atoms with Crippen LogP contribution in [0.2, 0.25) is 0 Å². The van der Waals surface area contributed by atoms with E-state index in [0.29, 0.717) is 17.7 Å². The molecule has 4 heteroatoms. The van der Waals surface area contributed by atoms with Crippen molar-refractivity contribution in [2.75, 3.05) is 5.73 Å². The minimum absolute atomic E-state index is 0.499. The second-order valence-electron chi connectivity index (χ2n) is 6.83. The molecule has 118 valence electrons. The number of nitrogens with zero attached hydrogens (tertiary/aromatic N) is 2. The zero-order chi connectivity index (χ0) is 15.4. The molecule has 0 unspecified atom stereocenters. The lowest BCUT2D eigenvalue weighted by molar-refractivity contribution is 0.302. The molecule has 1 aromatic heterocycles. The molecule has 0 atom stereocenters. The van der Waals surface area contributed by atoms with Crippen molar-refractivity contribution >= 4 is 21.7 Å². The third-order valence-corrected chi connectivity index (χ3v) is 5.34. The number of nitrogens with two attached hydrogens (primary N) is 1. The Bertz CT molecular complexity index is 465. The van der Waals surface area contributed by atoms with Gasteiger partial charge < -0.3 is 5.73 Å². The van der Waals surface area contributed by atoms with Crippen molar-refractivity contribution in [2.45, 2.75) is 71.6 Å². The average Bonchev–Trinajstić information content (AvgIpc) is 2.44. The summed E-state index contributed by atoms with van der Waals surface area (Å²) < 4.78 is 0.889. The fraction of sp³-hybridized carbons (Fsp3) is 0.765. The molecule has 0 saturated heterocycles. The highest BCUT2D eigenvalue weighted by atomic mass is 79.9. The maximum absolute atomic E-state index is 6.08. The van der Waals surface area contributed by atoms with E-state index in [-0.39, 0.29) is 0 Å². The van der Waals surface area contributed by atoms with Gasteiger partial charge in [0.1, 0.15) is 11.6 Å². The molecule has 1 fully saturated rings. The zero-order valence-electron chi connectivity index (χ0n) is 13.5. The van der Waals surface area contributed by atoms with Crippen molar-refractivity contribution in [3.05, 3.63) is 16.0 Å². The van der Waals surface area contributed by atoms with Gasteiger partial charge in [-0.15, -0.1) is 0 Å². The van der Waals surface area contributed by atoms with Gasteiger partial charge in [-0.2, -0.15) is 0 Å². The highest BCUT2D eigenvalue weighted by Crippen LogP contribution is 2.37. The molecular formula is C17H28BrN3. The molecule has 2 rings (SSSR count). The Hall–Kier alpha value is -0.640. The van der Waals surface area contributed by atoms with Crippen LogP contribution in [0.25, 0.3) is 0 Å². The van der Waals surface area contributed by atoms with Gasteiger partial charge in [0.2, 0.25) is 0 Å². The lowest BCUT2D eigenvalue weighted by atomic mass is 9.79. The first-order valence-corrected chi connectivity index (χ1v) is 9.12. The molecule has 0 amide bonds. The van der Waals surface area contributed by atoms with Gasteiger partial charge in [0.05, 0.1) is 10.2 Å². The molecule has 0 bridgehead atoms. The smallest absolute Gasteiger partial charge is 0.141 e. The number of rotatable bonds is 5. The lowest BCUT2D eigenvalue weighted by Crippen LogP contribution is -2.17. The van der Waals surface area contributed by atoms with Gasteiger partial charge in [0.15, 0.2) is 0 Å². The Kier molecular flexibility index (Phi) is 6.03. The van der Waals surface area contributed by atoms with E-state index in [2.05, 4.69) is 41.7 Å². The minimum Gasteiger partial charge on any atom is -0.383 e. The Labute approximate surface area is 137 Å². The summed E-state index contributed by atoms with van der Waals surface area (Å²) in [6.07, 6.45) is 8.68. The molecule has 0 spiro atoms. The number of anilines is 1. The minimum atomic E-state index is 0.499. The van der Waals surface area contributed by atoms with Crippen LogP contribution >= 0.6 is 15.9 Å². The van der Waals surface area contributed by atoms with Crippen LogP contribution in [0.5, 0.6) is 0 Å². The SMILES string of the molecule is CCCC1CCC(c2nc(N)c(Br)c(CC(C)C)n2)CC1. The highest BCUT2D eigenvalue weighted by molar-refractivity contribution is 9.10. The maximum atomic E-state index is 6.08. The summed E-state index contributed by atoms with van der Waals surface area (Å²) in [5.41, 5.74) is 7.15. The number of halogens is 1. The van der Waals surface area contributed by atoms with Crippen molar-refractivity contribution in [2.24, 2.45) is 11.8 Å². The predicted octanol–water partition coefficient (Wildman–Crippen LogP) is 5.09. The first-order valence-electron chi connectivity index (χ1n) is 8.33. The molecule has 1 saturated carbocycles. The summed E-state index contributed by atoms with van der Waals surface area (Å²) in [6, 6.07) is 0. The van der Waals surface area contributed by atoms with Crippen molar-refractivity contribution in [3.63, 3.8) is 0 Å². The van der Waals surface area contributed by atoms with Gasteiger partial charge >= 0.3 is 0 Å². The van der Waals surface area contributed by atoms with Gasteiger partial charge in [-0.3, -0.25) is 0 Å². The maximum Gasteiger partial charge on any atom is 0.141 e. The molecule has 21 heavy (non-hydrogen) atoms. The number of nitrogen functional groups attached to an aromatic ring is 1. The van der Waals surface area contributed by atoms with Gasteiger partial charge in [0.25, 0.3) is 0 Å². The fourth-order valence-corrected chi connectivity index (χ4v) is 3.69. The number of aromatic nitrogens is 2. The fourth-order valence-electron chi connectivity index (χ4n) is 3.35. The molecule has 1 heterocycles. The van der Waals surface area contributed by atoms with Crippen LogP contribution in [0.4, 0.5) is 5.82 Å². The molecule has 2 N–H and O–H groups in total. The molecule has 0 radical (unpaired) electrons. The van der Waals surface area contributed by atoms with Crippen LogP contribution in [0, 0.1) is 11.8 Å². The van der Waals surface area contributed by atoms with E-state index in [4.69, 9.17) is 10.7 Å². The molecule has 1 aromatic rings. The first kappa shape index (κ1) is 16.7. The van der Waals surface area contributed by atoms with E-state index < -0.39 is 0 Å². The normalized spacial score (nSPS) is 22.7. The summed E-state index contributed by atoms with van der Waals surface area (Å²) in [6.45, 7) is 6.70. The summed E-state index contributed by atoms with van der Waals surface area (Å²) in [4.78, 5) is 9.39. The van der Waals surface area contributed by atoms with Crippen LogP contribution in [0.15, 0.2) is 4.47 Å². The van der Waals surface area contributed by atoms with E-state index in [1.807, 2.05) is 0 Å². The van der Waals surface area contributed by atoms with Gasteiger partial charge in [-0.25, -0.2) is 9.97 Å². The number of hydrogen-bond acceptors (Lipinski definition) is 3. The van der Waals surface area contributed by atoms with E-state index in [1.54, 1.807) is 0 Å². The van der Waals surface area contributed by atoms with Crippen molar-refractivity contribution < 1.29 is 0 Å². The third kappa shape index (κ3) is 4.41. The topological polar surface area (TPSA) is 51.8 Å². The first-order chi connectivity index (χ1) is 10.0. The lowest BCUT2D eigenvalue weighted by Gasteiger charge is -2.28. The van der Waals surface area contributed by atoms with Crippen LogP contribution in [0.1, 0.15) is 76.7 Å². The Balaban J connectivity index is 2.12. The van der Waals surface area contributed by atoms with Gasteiger partial charge in [-0.1, -0.05) is 33.6 Å². The summed E-state index contributed by atoms with van der Waals surface area (Å²) in [7, 11) is 0. The molecule has 1 aliphatic carbocycles.